The minimum atomic E-state index is -0.502. The Bertz CT molecular complexity index is 382. The summed E-state index contributed by atoms with van der Waals surface area (Å²) in [4.78, 5) is 0. The Morgan fingerprint density at radius 3 is 2.53 bits per heavy atom. The van der Waals surface area contributed by atoms with E-state index in [1.54, 1.807) is 6.07 Å². The summed E-state index contributed by atoms with van der Waals surface area (Å²) in [6.07, 6.45) is 2.78. The Morgan fingerprint density at radius 2 is 2.06 bits per heavy atom. The number of aryl methyl sites for hydroxylation is 1. The van der Waals surface area contributed by atoms with Crippen LogP contribution in [0.5, 0.6) is 0 Å². The molecule has 1 saturated carbocycles. The zero-order chi connectivity index (χ0) is 11.7. The second-order valence-corrected chi connectivity index (χ2v) is 4.71. The molecule has 17 heavy (non-hydrogen) atoms. The van der Waals surface area contributed by atoms with E-state index in [1.165, 1.54) is 18.6 Å². The van der Waals surface area contributed by atoms with Crippen LogP contribution in [-0.4, -0.2) is 11.2 Å². The van der Waals surface area contributed by atoms with E-state index in [0.717, 1.165) is 24.0 Å². The van der Waals surface area contributed by atoms with Gasteiger partial charge in [-0.25, -0.2) is 4.39 Å². The fourth-order valence-corrected chi connectivity index (χ4v) is 2.27. The van der Waals surface area contributed by atoms with Crippen LogP contribution >= 0.6 is 12.4 Å². The molecule has 3 N–H and O–H groups in total. The molecule has 0 saturated heterocycles. The van der Waals surface area contributed by atoms with Crippen LogP contribution in [-0.2, 0) is 0 Å². The van der Waals surface area contributed by atoms with Crippen LogP contribution in [0.25, 0.3) is 0 Å². The van der Waals surface area contributed by atoms with Gasteiger partial charge in [-0.2, -0.15) is 0 Å². The molecule has 1 aromatic carbocycles. The van der Waals surface area contributed by atoms with Crippen molar-refractivity contribution in [1.29, 1.82) is 0 Å². The van der Waals surface area contributed by atoms with E-state index in [4.69, 9.17) is 5.73 Å². The van der Waals surface area contributed by atoms with Gasteiger partial charge in [-0.3, -0.25) is 0 Å². The third-order valence-corrected chi connectivity index (χ3v) is 3.59. The van der Waals surface area contributed by atoms with Gasteiger partial charge in [0.2, 0.25) is 0 Å². The Kier molecular flexibility index (Phi) is 4.92. The van der Waals surface area contributed by atoms with Crippen molar-refractivity contribution < 1.29 is 9.50 Å². The number of aliphatic hydroxyl groups is 1. The summed E-state index contributed by atoms with van der Waals surface area (Å²) in [5.41, 5.74) is 7.69. The maximum atomic E-state index is 12.9. The minimum absolute atomic E-state index is 0. The highest BCUT2D eigenvalue weighted by molar-refractivity contribution is 5.85. The highest BCUT2D eigenvalue weighted by Gasteiger charge is 2.31. The van der Waals surface area contributed by atoms with Crippen molar-refractivity contribution in [2.75, 3.05) is 0 Å². The molecule has 0 aliphatic heterocycles. The average Bonchev–Trinajstić information content (AvgIpc) is 2.14. The van der Waals surface area contributed by atoms with Crippen molar-refractivity contribution in [3.63, 3.8) is 0 Å². The van der Waals surface area contributed by atoms with E-state index in [-0.39, 0.29) is 18.2 Å². The van der Waals surface area contributed by atoms with Crippen LogP contribution in [0, 0.1) is 18.7 Å². The molecule has 2 atom stereocenters. The SMILES string of the molecule is Cc1cc(F)ccc1[C@@H](N)[C@@H](O)C1CCC1.Cl. The molecule has 96 valence electrons. The van der Waals surface area contributed by atoms with Crippen molar-refractivity contribution in [2.24, 2.45) is 11.7 Å². The molecule has 1 aliphatic carbocycles. The van der Waals surface area contributed by atoms with Gasteiger partial charge in [-0.15, -0.1) is 12.4 Å². The van der Waals surface area contributed by atoms with Crippen LogP contribution in [0.4, 0.5) is 4.39 Å². The Hall–Kier alpha value is -0.640. The topological polar surface area (TPSA) is 46.2 Å². The van der Waals surface area contributed by atoms with Gasteiger partial charge in [0.1, 0.15) is 5.82 Å². The molecule has 1 fully saturated rings. The molecule has 2 rings (SSSR count). The van der Waals surface area contributed by atoms with Gasteiger partial charge in [0.05, 0.1) is 12.1 Å². The molecule has 0 bridgehead atoms. The molecule has 0 spiro atoms. The van der Waals surface area contributed by atoms with Crippen LogP contribution in [0.2, 0.25) is 0 Å². The van der Waals surface area contributed by atoms with Crippen molar-refractivity contribution in [3.05, 3.63) is 35.1 Å². The highest BCUT2D eigenvalue weighted by Crippen LogP contribution is 2.34. The molecule has 0 aromatic heterocycles. The summed E-state index contributed by atoms with van der Waals surface area (Å²) in [5.74, 6) is 0.0611. The molecule has 0 amide bonds. The van der Waals surface area contributed by atoms with E-state index >= 15 is 0 Å². The van der Waals surface area contributed by atoms with Crippen molar-refractivity contribution in [1.82, 2.24) is 0 Å². The fourth-order valence-electron chi connectivity index (χ4n) is 2.27. The van der Waals surface area contributed by atoms with Gasteiger partial charge >= 0.3 is 0 Å². The fraction of sp³-hybridized carbons (Fsp3) is 0.538. The highest BCUT2D eigenvalue weighted by atomic mass is 35.5. The van der Waals surface area contributed by atoms with Crippen LogP contribution < -0.4 is 5.73 Å². The molecule has 1 aromatic rings. The van der Waals surface area contributed by atoms with Gasteiger partial charge in [-0.05, 0) is 48.9 Å². The van der Waals surface area contributed by atoms with Gasteiger partial charge in [-0.1, -0.05) is 12.5 Å². The van der Waals surface area contributed by atoms with Gasteiger partial charge in [0.25, 0.3) is 0 Å². The molecule has 0 heterocycles. The Labute approximate surface area is 107 Å². The lowest BCUT2D eigenvalue weighted by molar-refractivity contribution is 0.0412. The quantitative estimate of drug-likeness (QED) is 0.877. The summed E-state index contributed by atoms with van der Waals surface area (Å²) in [6.45, 7) is 1.83. The average molecular weight is 260 g/mol. The van der Waals surface area contributed by atoms with Gasteiger partial charge in [0.15, 0.2) is 0 Å². The normalized spacial score (nSPS) is 19.1. The number of aliphatic hydroxyl groups excluding tert-OH is 1. The van der Waals surface area contributed by atoms with Crippen LogP contribution in [0.3, 0.4) is 0 Å². The number of hydrogen-bond acceptors (Lipinski definition) is 2. The molecule has 2 nitrogen and oxygen atoms in total. The van der Waals surface area contributed by atoms with Crippen molar-refractivity contribution in [3.8, 4) is 0 Å². The lowest BCUT2D eigenvalue weighted by atomic mass is 9.77. The molecule has 4 heteroatoms. The lowest BCUT2D eigenvalue weighted by Crippen LogP contribution is -2.36. The predicted octanol–water partition coefficient (Wildman–Crippen LogP) is 2.72. The molecule has 1 aliphatic rings. The van der Waals surface area contributed by atoms with E-state index in [9.17, 15) is 9.50 Å². The summed E-state index contributed by atoms with van der Waals surface area (Å²) >= 11 is 0. The van der Waals surface area contributed by atoms with Gasteiger partial charge < -0.3 is 10.8 Å². The first-order valence-corrected chi connectivity index (χ1v) is 5.79. The monoisotopic (exact) mass is 259 g/mol. The number of rotatable bonds is 3. The maximum absolute atomic E-state index is 12.9. The van der Waals surface area contributed by atoms with Gasteiger partial charge in [0, 0.05) is 0 Å². The number of halogens is 2. The third-order valence-electron chi connectivity index (χ3n) is 3.59. The van der Waals surface area contributed by atoms with Crippen LogP contribution in [0.15, 0.2) is 18.2 Å². The maximum Gasteiger partial charge on any atom is 0.123 e. The molecule has 0 radical (unpaired) electrons. The Balaban J connectivity index is 0.00000144. The first kappa shape index (κ1) is 14.4. The number of nitrogens with two attached hydrogens (primary N) is 1. The van der Waals surface area contributed by atoms with Crippen molar-refractivity contribution >= 4 is 12.4 Å². The second-order valence-electron chi connectivity index (χ2n) is 4.71. The largest absolute Gasteiger partial charge is 0.391 e. The summed E-state index contributed by atoms with van der Waals surface area (Å²) in [6, 6.07) is 4.14. The zero-order valence-corrected chi connectivity index (χ0v) is 10.7. The van der Waals surface area contributed by atoms with E-state index in [1.807, 2.05) is 6.92 Å². The summed E-state index contributed by atoms with van der Waals surface area (Å²) in [5, 5.41) is 10.1. The second kappa shape index (κ2) is 5.80. The first-order valence-electron chi connectivity index (χ1n) is 5.79. The van der Waals surface area contributed by atoms with E-state index in [2.05, 4.69) is 0 Å². The minimum Gasteiger partial charge on any atom is -0.391 e. The van der Waals surface area contributed by atoms with Crippen LogP contribution in [0.1, 0.15) is 36.4 Å². The summed E-state index contributed by atoms with van der Waals surface area (Å²) in [7, 11) is 0. The van der Waals surface area contributed by atoms with E-state index < -0.39 is 12.1 Å². The summed E-state index contributed by atoms with van der Waals surface area (Å²) < 4.78 is 12.9. The smallest absolute Gasteiger partial charge is 0.123 e. The standard InChI is InChI=1S/C13H18FNO.ClH/c1-8-7-10(14)5-6-11(8)12(15)13(16)9-3-2-4-9;/h5-7,9,12-13,16H,2-4,15H2,1H3;1H/t12-,13+;/m1./s1. The molecule has 0 unspecified atom stereocenters. The predicted molar refractivity (Wildman–Crippen MR) is 68.7 cm³/mol. The Morgan fingerprint density at radius 1 is 1.41 bits per heavy atom. The first-order chi connectivity index (χ1) is 7.59. The third kappa shape index (κ3) is 2.97. The van der Waals surface area contributed by atoms with Crippen molar-refractivity contribution in [2.45, 2.75) is 38.3 Å². The zero-order valence-electron chi connectivity index (χ0n) is 9.90. The molecular weight excluding hydrogens is 241 g/mol. The lowest BCUT2D eigenvalue weighted by Gasteiger charge is -2.34. The number of hydrogen-bond donors (Lipinski definition) is 2. The van der Waals surface area contributed by atoms with E-state index in [0.29, 0.717) is 5.92 Å². The number of benzene rings is 1. The molecular formula is C13H19ClFNO.